The summed E-state index contributed by atoms with van der Waals surface area (Å²) in [5.74, 6) is -1.51. The molecule has 43 heavy (non-hydrogen) atoms. The van der Waals surface area contributed by atoms with Gasteiger partial charge in [-0.1, -0.05) is 0 Å². The summed E-state index contributed by atoms with van der Waals surface area (Å²) in [5.41, 5.74) is -0.671. The lowest BCUT2D eigenvalue weighted by Gasteiger charge is -2.45. The smallest absolute Gasteiger partial charge is 0.239 e. The van der Waals surface area contributed by atoms with E-state index in [0.717, 1.165) is 12.1 Å². The molecule has 2 aliphatic heterocycles. The first-order chi connectivity index (χ1) is 20.4. The third kappa shape index (κ3) is 5.86. The van der Waals surface area contributed by atoms with E-state index in [1.54, 1.807) is 0 Å². The second kappa shape index (κ2) is 12.2. The van der Waals surface area contributed by atoms with Crippen LogP contribution in [0, 0.1) is 0 Å². The van der Waals surface area contributed by atoms with Crippen LogP contribution in [0.1, 0.15) is 6.92 Å². The molecule has 9 N–H and O–H groups in total. The summed E-state index contributed by atoms with van der Waals surface area (Å²) in [6.45, 7) is 0.281. The highest BCUT2D eigenvalue weighted by Gasteiger charge is 2.49. The fourth-order valence-corrected chi connectivity index (χ4v) is 5.16. The Morgan fingerprint density at radius 1 is 0.814 bits per heavy atom. The predicted octanol–water partition coefficient (Wildman–Crippen LogP) is -1.35. The van der Waals surface area contributed by atoms with E-state index in [-0.39, 0.29) is 28.2 Å². The van der Waals surface area contributed by atoms with Gasteiger partial charge in [0.2, 0.25) is 11.2 Å². The van der Waals surface area contributed by atoms with Crippen LogP contribution in [0.5, 0.6) is 23.0 Å². The van der Waals surface area contributed by atoms with Gasteiger partial charge in [-0.15, -0.1) is 0 Å². The summed E-state index contributed by atoms with van der Waals surface area (Å²) in [7, 11) is 0. The van der Waals surface area contributed by atoms with Crippen molar-refractivity contribution >= 4 is 11.0 Å². The van der Waals surface area contributed by atoms with E-state index in [1.807, 2.05) is 0 Å². The van der Waals surface area contributed by atoms with Gasteiger partial charge in [0.1, 0.15) is 83.7 Å². The molecule has 1 aromatic heterocycles. The Kier molecular flexibility index (Phi) is 8.80. The van der Waals surface area contributed by atoms with Crippen LogP contribution in [0.25, 0.3) is 22.3 Å². The highest BCUT2D eigenvalue weighted by Crippen LogP contribution is 2.37. The molecule has 2 fully saturated rings. The van der Waals surface area contributed by atoms with Crippen molar-refractivity contribution in [3.8, 4) is 34.3 Å². The standard InChI is InChI=1S/C28H32O15/c1-10-25(43-28-24(38)22(36)19(33)16(8-29)42-28)23(37)20(34)17(40-10)9-39-27-21(35)18-14(32)6-13(31)7-15(18)41-26(27)11-2-4-12(30)5-3-11/h2-7,10,16-17,19-20,22-25,28-34,36-38H,8-9H2,1H3. The molecule has 10 atom stereocenters. The van der Waals surface area contributed by atoms with Crippen LogP contribution < -0.4 is 10.2 Å². The van der Waals surface area contributed by atoms with E-state index < -0.39 is 91.4 Å². The average molecular weight is 609 g/mol. The van der Waals surface area contributed by atoms with Crippen molar-refractivity contribution in [1.29, 1.82) is 0 Å². The highest BCUT2D eigenvalue weighted by molar-refractivity contribution is 5.88. The molecule has 0 spiro atoms. The summed E-state index contributed by atoms with van der Waals surface area (Å²) >= 11 is 0. The number of aliphatic hydroxyl groups is 6. The fraction of sp³-hybridized carbons (Fsp3) is 0.464. The number of benzene rings is 2. The summed E-state index contributed by atoms with van der Waals surface area (Å²) in [5, 5.41) is 91.1. The van der Waals surface area contributed by atoms with Crippen molar-refractivity contribution < 1.29 is 69.3 Å². The van der Waals surface area contributed by atoms with Crippen molar-refractivity contribution in [2.75, 3.05) is 13.2 Å². The van der Waals surface area contributed by atoms with Crippen molar-refractivity contribution in [1.82, 2.24) is 0 Å². The lowest BCUT2D eigenvalue weighted by molar-refractivity contribution is -0.339. The van der Waals surface area contributed by atoms with Gasteiger partial charge in [-0.2, -0.15) is 0 Å². The van der Waals surface area contributed by atoms with Gasteiger partial charge in [-0.05, 0) is 31.2 Å². The minimum atomic E-state index is -1.75. The first kappa shape index (κ1) is 30.9. The van der Waals surface area contributed by atoms with Crippen molar-refractivity contribution in [3.05, 3.63) is 46.6 Å². The topological polar surface area (TPSA) is 249 Å². The summed E-state index contributed by atoms with van der Waals surface area (Å²) < 4.78 is 28.3. The number of aliphatic hydroxyl groups excluding tert-OH is 6. The SMILES string of the molecule is CC1OC(COc2c(-c3ccc(O)cc3)oc3cc(O)cc(O)c3c2=O)C(O)C(O)C1OC1OC(CO)C(O)C(O)C1O. The molecule has 5 rings (SSSR count). The number of hydrogen-bond donors (Lipinski definition) is 9. The van der Waals surface area contributed by atoms with Gasteiger partial charge in [-0.3, -0.25) is 4.79 Å². The lowest BCUT2D eigenvalue weighted by atomic mass is 9.95. The fourth-order valence-electron chi connectivity index (χ4n) is 5.16. The number of hydrogen-bond acceptors (Lipinski definition) is 15. The molecule has 0 amide bonds. The molecule has 0 saturated carbocycles. The van der Waals surface area contributed by atoms with Gasteiger partial charge in [0.15, 0.2) is 12.1 Å². The minimum absolute atomic E-state index is 0.0631. The monoisotopic (exact) mass is 608 g/mol. The van der Waals surface area contributed by atoms with Gasteiger partial charge >= 0.3 is 0 Å². The van der Waals surface area contributed by atoms with E-state index >= 15 is 0 Å². The molecule has 2 aliphatic rings. The van der Waals surface area contributed by atoms with Crippen LogP contribution in [0.4, 0.5) is 0 Å². The molecule has 234 valence electrons. The van der Waals surface area contributed by atoms with Gasteiger partial charge in [0.25, 0.3) is 0 Å². The molecule has 2 aromatic carbocycles. The molecule has 15 nitrogen and oxygen atoms in total. The normalized spacial score (nSPS) is 33.0. The Morgan fingerprint density at radius 2 is 1.49 bits per heavy atom. The van der Waals surface area contributed by atoms with Crippen LogP contribution in [0.2, 0.25) is 0 Å². The second-order valence-corrected chi connectivity index (χ2v) is 10.4. The third-order valence-corrected chi connectivity index (χ3v) is 7.50. The Morgan fingerprint density at radius 3 is 2.16 bits per heavy atom. The van der Waals surface area contributed by atoms with Crippen LogP contribution in [0.3, 0.4) is 0 Å². The largest absolute Gasteiger partial charge is 0.508 e. The Bertz CT molecular complexity index is 1490. The van der Waals surface area contributed by atoms with Gasteiger partial charge in [0.05, 0.1) is 12.7 Å². The van der Waals surface area contributed by atoms with Gasteiger partial charge in [-0.25, -0.2) is 0 Å². The van der Waals surface area contributed by atoms with Gasteiger partial charge in [0, 0.05) is 17.7 Å². The number of fused-ring (bicyclic) bond motifs is 1. The van der Waals surface area contributed by atoms with E-state index in [0.29, 0.717) is 5.56 Å². The molecule has 0 bridgehead atoms. The quantitative estimate of drug-likeness (QED) is 0.150. The number of rotatable bonds is 7. The zero-order valence-electron chi connectivity index (χ0n) is 22.6. The Labute approximate surface area is 242 Å². The van der Waals surface area contributed by atoms with Crippen LogP contribution in [0.15, 0.2) is 45.6 Å². The number of phenols is 3. The molecule has 0 aliphatic carbocycles. The van der Waals surface area contributed by atoms with Crippen molar-refractivity contribution in [2.45, 2.75) is 68.1 Å². The van der Waals surface area contributed by atoms with Crippen LogP contribution in [-0.2, 0) is 14.2 Å². The minimum Gasteiger partial charge on any atom is -0.508 e. The van der Waals surface area contributed by atoms with Crippen LogP contribution >= 0.6 is 0 Å². The van der Waals surface area contributed by atoms with E-state index in [9.17, 15) is 50.8 Å². The molecular formula is C28H32O15. The molecule has 0 radical (unpaired) electrons. The number of phenolic OH excluding ortho intramolecular Hbond substituents is 3. The molecule has 2 saturated heterocycles. The van der Waals surface area contributed by atoms with Crippen molar-refractivity contribution in [3.63, 3.8) is 0 Å². The molecule has 3 heterocycles. The molecule has 15 heteroatoms. The highest BCUT2D eigenvalue weighted by atomic mass is 16.7. The maximum Gasteiger partial charge on any atom is 0.239 e. The van der Waals surface area contributed by atoms with E-state index in [4.69, 9.17) is 23.4 Å². The first-order valence-electron chi connectivity index (χ1n) is 13.3. The van der Waals surface area contributed by atoms with E-state index in [2.05, 4.69) is 0 Å². The lowest BCUT2D eigenvalue weighted by Crippen LogP contribution is -2.64. The first-order valence-corrected chi connectivity index (χ1v) is 13.3. The Hall–Kier alpha value is -3.51. The molecular weight excluding hydrogens is 576 g/mol. The summed E-state index contributed by atoms with van der Waals surface area (Å²) in [6.07, 6.45) is -14.8. The summed E-state index contributed by atoms with van der Waals surface area (Å²) in [4.78, 5) is 13.5. The van der Waals surface area contributed by atoms with Crippen molar-refractivity contribution in [2.24, 2.45) is 0 Å². The third-order valence-electron chi connectivity index (χ3n) is 7.50. The average Bonchev–Trinajstić information content (AvgIpc) is 2.97. The number of aromatic hydroxyl groups is 3. The second-order valence-electron chi connectivity index (χ2n) is 10.4. The maximum absolute atomic E-state index is 13.5. The molecule has 3 aromatic rings. The molecule has 10 unspecified atom stereocenters. The van der Waals surface area contributed by atoms with Gasteiger partial charge < -0.3 is 69.3 Å². The summed E-state index contributed by atoms with van der Waals surface area (Å²) in [6, 6.07) is 7.63. The number of ether oxygens (including phenoxy) is 4. The Balaban J connectivity index is 1.38. The van der Waals surface area contributed by atoms with E-state index in [1.165, 1.54) is 31.2 Å². The zero-order chi connectivity index (χ0) is 31.2. The van der Waals surface area contributed by atoms with Crippen LogP contribution in [-0.4, -0.2) is 120 Å². The zero-order valence-corrected chi connectivity index (χ0v) is 22.6. The predicted molar refractivity (Wildman–Crippen MR) is 143 cm³/mol. The maximum atomic E-state index is 13.5.